The minimum Gasteiger partial charge on any atom is -0.312 e. The third-order valence-corrected chi connectivity index (χ3v) is 6.04. The zero-order valence-electron chi connectivity index (χ0n) is 16.3. The first-order chi connectivity index (χ1) is 14.0. The summed E-state index contributed by atoms with van der Waals surface area (Å²) in [5.41, 5.74) is 3.68. The van der Waals surface area contributed by atoms with Gasteiger partial charge in [0, 0.05) is 24.7 Å². The molecule has 2 aromatic carbocycles. The molecule has 0 saturated carbocycles. The van der Waals surface area contributed by atoms with E-state index in [0.717, 1.165) is 23.2 Å². The van der Waals surface area contributed by atoms with Crippen LogP contribution in [0.1, 0.15) is 35.3 Å². The van der Waals surface area contributed by atoms with Crippen molar-refractivity contribution in [2.24, 2.45) is 0 Å². The molecular formula is C21H21N5O2S. The van der Waals surface area contributed by atoms with E-state index >= 15 is 0 Å². The highest BCUT2D eigenvalue weighted by Gasteiger charge is 2.25. The van der Waals surface area contributed by atoms with Crippen molar-refractivity contribution in [3.63, 3.8) is 0 Å². The molecule has 0 aliphatic carbocycles. The number of tetrazole rings is 1. The van der Waals surface area contributed by atoms with E-state index in [1.54, 1.807) is 22.6 Å². The Labute approximate surface area is 173 Å². The highest BCUT2D eigenvalue weighted by Crippen LogP contribution is 2.31. The van der Waals surface area contributed by atoms with Crippen LogP contribution in [-0.2, 0) is 17.8 Å². The largest absolute Gasteiger partial charge is 0.312 e. The number of anilines is 1. The molecule has 0 saturated heterocycles. The molecule has 8 heteroatoms. The van der Waals surface area contributed by atoms with E-state index in [1.165, 1.54) is 11.8 Å². The van der Waals surface area contributed by atoms with Crippen molar-refractivity contribution in [3.05, 3.63) is 65.2 Å². The number of carbonyl (C=O) groups is 2. The Morgan fingerprint density at radius 1 is 1.17 bits per heavy atom. The quantitative estimate of drug-likeness (QED) is 0.462. The molecule has 1 aromatic heterocycles. The van der Waals surface area contributed by atoms with Crippen LogP contribution in [0.3, 0.4) is 0 Å². The number of hydrogen-bond donors (Lipinski definition) is 0. The first-order valence-corrected chi connectivity index (χ1v) is 10.3. The lowest BCUT2D eigenvalue weighted by atomic mass is 10.0. The van der Waals surface area contributed by atoms with E-state index in [4.69, 9.17) is 0 Å². The molecule has 29 heavy (non-hydrogen) atoms. The number of amides is 1. The summed E-state index contributed by atoms with van der Waals surface area (Å²) < 4.78 is 1.71. The standard InChI is InChI=1S/C21H21N5O2S/c1-14(29-21-22-23-24-26(21)13-16-6-4-3-5-7-16)20(28)18-8-9-19-17(12-18)10-11-25(19)15(2)27/h3-9,12,14H,10-11,13H2,1-2H3. The fourth-order valence-electron chi connectivity index (χ4n) is 3.46. The van der Waals surface area contributed by atoms with E-state index in [2.05, 4.69) is 15.5 Å². The number of hydrogen-bond acceptors (Lipinski definition) is 6. The van der Waals surface area contributed by atoms with Gasteiger partial charge in [0.15, 0.2) is 5.78 Å². The molecule has 0 fully saturated rings. The Kier molecular flexibility index (Phi) is 5.44. The molecule has 1 unspecified atom stereocenters. The van der Waals surface area contributed by atoms with Crippen LogP contribution in [-0.4, -0.2) is 43.7 Å². The van der Waals surface area contributed by atoms with Gasteiger partial charge in [-0.2, -0.15) is 0 Å². The number of fused-ring (bicyclic) bond motifs is 1. The van der Waals surface area contributed by atoms with Crippen LogP contribution < -0.4 is 4.90 Å². The highest BCUT2D eigenvalue weighted by atomic mass is 32.2. The SMILES string of the molecule is CC(=O)N1CCc2cc(C(=O)C(C)Sc3nnnn3Cc3ccccc3)ccc21. The monoisotopic (exact) mass is 407 g/mol. The number of carbonyl (C=O) groups excluding carboxylic acids is 2. The van der Waals surface area contributed by atoms with Gasteiger partial charge in [-0.3, -0.25) is 9.59 Å². The number of aromatic nitrogens is 4. The fourth-order valence-corrected chi connectivity index (χ4v) is 4.33. The van der Waals surface area contributed by atoms with Crippen molar-refractivity contribution < 1.29 is 9.59 Å². The molecule has 1 atom stereocenters. The van der Waals surface area contributed by atoms with Crippen molar-refractivity contribution in [2.45, 2.75) is 37.2 Å². The number of ketones is 1. The van der Waals surface area contributed by atoms with Crippen LogP contribution in [0.5, 0.6) is 0 Å². The molecule has 0 N–H and O–H groups in total. The van der Waals surface area contributed by atoms with E-state index in [0.29, 0.717) is 23.8 Å². The van der Waals surface area contributed by atoms with Crippen molar-refractivity contribution in [1.82, 2.24) is 20.2 Å². The molecule has 0 bridgehead atoms. The van der Waals surface area contributed by atoms with Gasteiger partial charge in [-0.1, -0.05) is 42.1 Å². The van der Waals surface area contributed by atoms with E-state index in [-0.39, 0.29) is 16.9 Å². The summed E-state index contributed by atoms with van der Waals surface area (Å²) in [7, 11) is 0. The van der Waals surface area contributed by atoms with Gasteiger partial charge >= 0.3 is 0 Å². The first kappa shape index (κ1) is 19.3. The Morgan fingerprint density at radius 2 is 1.97 bits per heavy atom. The van der Waals surface area contributed by atoms with Gasteiger partial charge in [-0.15, -0.1) is 5.10 Å². The van der Waals surface area contributed by atoms with E-state index < -0.39 is 0 Å². The summed E-state index contributed by atoms with van der Waals surface area (Å²) >= 11 is 1.35. The predicted molar refractivity (Wildman–Crippen MR) is 111 cm³/mol. The van der Waals surface area contributed by atoms with Crippen molar-refractivity contribution in [3.8, 4) is 0 Å². The van der Waals surface area contributed by atoms with Gasteiger partial charge in [-0.05, 0) is 53.1 Å². The van der Waals surface area contributed by atoms with Gasteiger partial charge in [0.25, 0.3) is 0 Å². The molecule has 1 aliphatic heterocycles. The second-order valence-electron chi connectivity index (χ2n) is 6.99. The molecule has 2 heterocycles. The molecule has 148 valence electrons. The van der Waals surface area contributed by atoms with Crippen LogP contribution in [0, 0.1) is 0 Å². The maximum atomic E-state index is 13.0. The van der Waals surface area contributed by atoms with Crippen LogP contribution >= 0.6 is 11.8 Å². The van der Waals surface area contributed by atoms with Gasteiger partial charge in [0.1, 0.15) is 0 Å². The van der Waals surface area contributed by atoms with Crippen molar-refractivity contribution in [2.75, 3.05) is 11.4 Å². The maximum Gasteiger partial charge on any atom is 0.223 e. The van der Waals surface area contributed by atoms with E-state index in [9.17, 15) is 9.59 Å². The minimum absolute atomic E-state index is 0.0216. The first-order valence-electron chi connectivity index (χ1n) is 9.45. The fraction of sp³-hybridized carbons (Fsp3) is 0.286. The van der Waals surface area contributed by atoms with Crippen molar-refractivity contribution >= 4 is 29.1 Å². The molecule has 7 nitrogen and oxygen atoms in total. The maximum absolute atomic E-state index is 13.0. The van der Waals surface area contributed by atoms with Crippen LogP contribution in [0.15, 0.2) is 53.7 Å². The summed E-state index contributed by atoms with van der Waals surface area (Å²) in [6.45, 7) is 4.65. The number of Topliss-reactive ketones (excluding diaryl/α,β-unsaturated/α-hetero) is 1. The second kappa shape index (κ2) is 8.16. The summed E-state index contributed by atoms with van der Waals surface area (Å²) in [4.78, 5) is 26.4. The highest BCUT2D eigenvalue weighted by molar-refractivity contribution is 8.00. The topological polar surface area (TPSA) is 81.0 Å². The number of rotatable bonds is 6. The lowest BCUT2D eigenvalue weighted by Gasteiger charge is -2.15. The molecule has 4 rings (SSSR count). The third kappa shape index (κ3) is 4.07. The molecule has 1 aliphatic rings. The van der Waals surface area contributed by atoms with Gasteiger partial charge < -0.3 is 4.90 Å². The van der Waals surface area contributed by atoms with Crippen LogP contribution in [0.2, 0.25) is 0 Å². The Morgan fingerprint density at radius 3 is 2.72 bits per heavy atom. The van der Waals surface area contributed by atoms with Crippen LogP contribution in [0.4, 0.5) is 5.69 Å². The van der Waals surface area contributed by atoms with Gasteiger partial charge in [0.2, 0.25) is 11.1 Å². The van der Waals surface area contributed by atoms with Crippen LogP contribution in [0.25, 0.3) is 0 Å². The lowest BCUT2D eigenvalue weighted by Crippen LogP contribution is -2.25. The zero-order valence-corrected chi connectivity index (χ0v) is 17.1. The van der Waals surface area contributed by atoms with E-state index in [1.807, 2.05) is 49.4 Å². The Hall–Kier alpha value is -3.00. The number of thioether (sulfide) groups is 1. The molecule has 3 aromatic rings. The zero-order chi connectivity index (χ0) is 20.4. The summed E-state index contributed by atoms with van der Waals surface area (Å²) in [5, 5.41) is 12.2. The molecule has 0 radical (unpaired) electrons. The van der Waals surface area contributed by atoms with Gasteiger partial charge in [0.05, 0.1) is 11.8 Å². The molecular weight excluding hydrogens is 386 g/mol. The van der Waals surface area contributed by atoms with Crippen molar-refractivity contribution in [1.29, 1.82) is 0 Å². The Bertz CT molecular complexity index is 1050. The summed E-state index contributed by atoms with van der Waals surface area (Å²) in [6.07, 6.45) is 0.771. The average molecular weight is 407 g/mol. The second-order valence-corrected chi connectivity index (χ2v) is 8.30. The average Bonchev–Trinajstić information content (AvgIpc) is 3.34. The smallest absolute Gasteiger partial charge is 0.223 e. The lowest BCUT2D eigenvalue weighted by molar-refractivity contribution is -0.116. The Balaban J connectivity index is 1.47. The summed E-state index contributed by atoms with van der Waals surface area (Å²) in [6, 6.07) is 15.5. The number of nitrogens with zero attached hydrogens (tertiary/aromatic N) is 5. The van der Waals surface area contributed by atoms with Gasteiger partial charge in [-0.25, -0.2) is 4.68 Å². The minimum atomic E-state index is -0.334. The predicted octanol–water partition coefficient (Wildman–Crippen LogP) is 2.99. The summed E-state index contributed by atoms with van der Waals surface area (Å²) in [5.74, 6) is 0.0466. The third-order valence-electron chi connectivity index (χ3n) is 4.97. The number of benzene rings is 2. The normalized spacial score (nSPS) is 13.9. The molecule has 0 spiro atoms. The molecule has 1 amide bonds.